The second kappa shape index (κ2) is 7.39. The molecule has 5 rings (SSSR count). The molecule has 2 atom stereocenters. The summed E-state index contributed by atoms with van der Waals surface area (Å²) < 4.78 is 0. The van der Waals surface area contributed by atoms with Crippen LogP contribution in [0, 0.1) is 11.8 Å². The average molecular weight is 356 g/mol. The normalized spacial score (nSPS) is 26.0. The molecule has 0 aromatic heterocycles. The monoisotopic (exact) mass is 356 g/mol. The summed E-state index contributed by atoms with van der Waals surface area (Å²) in [6.45, 7) is 2.17. The number of hydrogen-bond donors (Lipinski definition) is 1. The lowest BCUT2D eigenvalue weighted by molar-refractivity contribution is -0.141. The van der Waals surface area contributed by atoms with Crippen LogP contribution in [0.3, 0.4) is 0 Å². The van der Waals surface area contributed by atoms with Gasteiger partial charge in [0.05, 0.1) is 18.9 Å². The quantitative estimate of drug-likeness (QED) is 0.877. The van der Waals surface area contributed by atoms with Gasteiger partial charge in [0.15, 0.2) is 0 Å². The van der Waals surface area contributed by atoms with Crippen LogP contribution in [0.5, 0.6) is 0 Å². The topological polar surface area (TPSA) is 60.9 Å². The first-order chi connectivity index (χ1) is 12.6. The summed E-state index contributed by atoms with van der Waals surface area (Å²) in [5.41, 5.74) is 1.81. The predicted molar refractivity (Wildman–Crippen MR) is 98.2 cm³/mol. The van der Waals surface area contributed by atoms with Crippen LogP contribution in [0.4, 0.5) is 0 Å². The number of aliphatic hydroxyl groups is 1. The van der Waals surface area contributed by atoms with Gasteiger partial charge < -0.3 is 14.9 Å². The predicted octanol–water partition coefficient (Wildman–Crippen LogP) is 1.97. The molecule has 4 aliphatic rings. The molecule has 3 saturated heterocycles. The molecule has 0 radical (unpaired) electrons. The number of benzene rings is 1. The molecule has 2 bridgehead atoms. The molecule has 1 saturated carbocycles. The Morgan fingerprint density at radius 3 is 2.42 bits per heavy atom. The van der Waals surface area contributed by atoms with Crippen LogP contribution in [-0.2, 0) is 22.6 Å². The van der Waals surface area contributed by atoms with Gasteiger partial charge in [-0.05, 0) is 42.7 Å². The van der Waals surface area contributed by atoms with Crippen molar-refractivity contribution in [2.24, 2.45) is 11.8 Å². The molecule has 5 nitrogen and oxygen atoms in total. The average Bonchev–Trinajstić information content (AvgIpc) is 2.90. The molecule has 2 amide bonds. The maximum atomic E-state index is 12.8. The van der Waals surface area contributed by atoms with E-state index in [0.29, 0.717) is 25.4 Å². The Kier molecular flexibility index (Phi) is 4.98. The van der Waals surface area contributed by atoms with Crippen molar-refractivity contribution in [3.63, 3.8) is 0 Å². The highest BCUT2D eigenvalue weighted by Gasteiger charge is 2.42. The molecule has 1 aromatic carbocycles. The van der Waals surface area contributed by atoms with Crippen LogP contribution in [-0.4, -0.2) is 52.4 Å². The molecule has 4 fully saturated rings. The zero-order valence-corrected chi connectivity index (χ0v) is 15.3. The Balaban J connectivity index is 1.42. The van der Waals surface area contributed by atoms with E-state index in [0.717, 1.165) is 30.5 Å². The van der Waals surface area contributed by atoms with Gasteiger partial charge in [-0.15, -0.1) is 0 Å². The van der Waals surface area contributed by atoms with Gasteiger partial charge >= 0.3 is 0 Å². The number of rotatable bonds is 5. The van der Waals surface area contributed by atoms with Crippen LogP contribution < -0.4 is 0 Å². The van der Waals surface area contributed by atoms with E-state index in [1.165, 1.54) is 19.3 Å². The van der Waals surface area contributed by atoms with Crippen molar-refractivity contribution >= 4 is 11.8 Å². The van der Waals surface area contributed by atoms with E-state index in [1.54, 1.807) is 0 Å². The lowest BCUT2D eigenvalue weighted by atomic mass is 9.83. The molecule has 0 unspecified atom stereocenters. The maximum absolute atomic E-state index is 12.8. The van der Waals surface area contributed by atoms with Gasteiger partial charge in [0, 0.05) is 25.7 Å². The summed E-state index contributed by atoms with van der Waals surface area (Å²) in [7, 11) is 0. The molecule has 0 spiro atoms. The second-order valence-electron chi connectivity index (χ2n) is 8.17. The number of piperidine rings is 1. The van der Waals surface area contributed by atoms with Crippen molar-refractivity contribution in [2.75, 3.05) is 19.6 Å². The highest BCUT2D eigenvalue weighted by molar-refractivity contribution is 5.84. The third-order valence-electron chi connectivity index (χ3n) is 6.39. The number of nitrogens with zero attached hydrogens (tertiary/aromatic N) is 2. The van der Waals surface area contributed by atoms with Gasteiger partial charge in [-0.3, -0.25) is 9.59 Å². The summed E-state index contributed by atoms with van der Waals surface area (Å²) in [5, 5.41) is 9.13. The molecular formula is C21H28N2O3. The van der Waals surface area contributed by atoms with Crippen LogP contribution in [0.2, 0.25) is 0 Å². The highest BCUT2D eigenvalue weighted by atomic mass is 16.3. The van der Waals surface area contributed by atoms with Gasteiger partial charge in [0.1, 0.15) is 0 Å². The van der Waals surface area contributed by atoms with Crippen molar-refractivity contribution in [1.82, 2.24) is 9.80 Å². The van der Waals surface area contributed by atoms with Crippen LogP contribution >= 0.6 is 0 Å². The van der Waals surface area contributed by atoms with E-state index in [4.69, 9.17) is 5.11 Å². The van der Waals surface area contributed by atoms with E-state index in [9.17, 15) is 9.59 Å². The molecule has 3 aliphatic heterocycles. The summed E-state index contributed by atoms with van der Waals surface area (Å²) in [5.74, 6) is 1.04. The minimum absolute atomic E-state index is 0.0165. The van der Waals surface area contributed by atoms with E-state index < -0.39 is 0 Å². The first kappa shape index (κ1) is 17.5. The minimum Gasteiger partial charge on any atom is -0.392 e. The number of carbonyl (C=O) groups excluding carboxylic acids is 2. The zero-order valence-electron chi connectivity index (χ0n) is 15.3. The lowest BCUT2D eigenvalue weighted by Crippen LogP contribution is -2.50. The van der Waals surface area contributed by atoms with Gasteiger partial charge in [-0.2, -0.15) is 0 Å². The fourth-order valence-corrected chi connectivity index (χ4v) is 4.49. The Labute approximate surface area is 155 Å². The van der Waals surface area contributed by atoms with Crippen molar-refractivity contribution in [3.8, 4) is 0 Å². The molecule has 1 aliphatic carbocycles. The largest absolute Gasteiger partial charge is 0.392 e. The summed E-state index contributed by atoms with van der Waals surface area (Å²) >= 11 is 0. The maximum Gasteiger partial charge on any atom is 0.227 e. The number of aliphatic hydroxyl groups excluding tert-OH is 1. The molecule has 26 heavy (non-hydrogen) atoms. The third kappa shape index (κ3) is 3.50. The third-order valence-corrected chi connectivity index (χ3v) is 6.39. The summed E-state index contributed by atoms with van der Waals surface area (Å²) in [4.78, 5) is 29.7. The number of amides is 2. The number of hydrogen-bond acceptors (Lipinski definition) is 3. The van der Waals surface area contributed by atoms with E-state index in [-0.39, 0.29) is 30.4 Å². The Hall–Kier alpha value is -1.88. The van der Waals surface area contributed by atoms with E-state index in [2.05, 4.69) is 4.90 Å². The van der Waals surface area contributed by atoms with Gasteiger partial charge in [0.25, 0.3) is 0 Å². The standard InChI is InChI=1S/C21H28N2O3/c24-14-17-6-4-15(5-7-17)10-20(25)22-12-18-8-9-19(13-22)23(21(18)26)11-16-2-1-3-16/h4-7,16,18-19,24H,1-3,8-14H2/t18-,19+/m0/s1. The van der Waals surface area contributed by atoms with Crippen LogP contribution in [0.1, 0.15) is 43.2 Å². The fourth-order valence-electron chi connectivity index (χ4n) is 4.49. The van der Waals surface area contributed by atoms with Crippen molar-refractivity contribution in [1.29, 1.82) is 0 Å². The zero-order chi connectivity index (χ0) is 18.1. The molecular weight excluding hydrogens is 328 g/mol. The Morgan fingerprint density at radius 2 is 1.77 bits per heavy atom. The summed E-state index contributed by atoms with van der Waals surface area (Å²) in [6.07, 6.45) is 6.08. The molecule has 1 N–H and O–H groups in total. The first-order valence-electron chi connectivity index (χ1n) is 9.91. The Morgan fingerprint density at radius 1 is 1.04 bits per heavy atom. The second-order valence-corrected chi connectivity index (χ2v) is 8.17. The van der Waals surface area contributed by atoms with Crippen LogP contribution in [0.25, 0.3) is 0 Å². The van der Waals surface area contributed by atoms with E-state index in [1.807, 2.05) is 29.2 Å². The van der Waals surface area contributed by atoms with Crippen molar-refractivity contribution in [2.45, 2.75) is 51.2 Å². The minimum atomic E-state index is -0.0189. The highest BCUT2D eigenvalue weighted by Crippen LogP contribution is 2.34. The molecule has 5 heteroatoms. The van der Waals surface area contributed by atoms with Gasteiger partial charge in [0.2, 0.25) is 11.8 Å². The summed E-state index contributed by atoms with van der Waals surface area (Å²) in [6, 6.07) is 7.73. The Bertz CT molecular complexity index is 668. The van der Waals surface area contributed by atoms with Crippen LogP contribution in [0.15, 0.2) is 24.3 Å². The fraction of sp³-hybridized carbons (Fsp3) is 0.619. The lowest BCUT2D eigenvalue weighted by Gasteiger charge is -2.40. The molecule has 140 valence electrons. The molecule has 1 aromatic rings. The SMILES string of the molecule is O=C(Cc1ccc(CO)cc1)N1C[C@@H]2CC[C@H](C1)N(CC1CCC1)C2=O. The van der Waals surface area contributed by atoms with Gasteiger partial charge in [-0.25, -0.2) is 0 Å². The molecule has 3 heterocycles. The van der Waals surface area contributed by atoms with Crippen molar-refractivity contribution < 1.29 is 14.7 Å². The van der Waals surface area contributed by atoms with E-state index >= 15 is 0 Å². The number of fused-ring (bicyclic) bond motifs is 4. The van der Waals surface area contributed by atoms with Gasteiger partial charge in [-0.1, -0.05) is 30.7 Å². The number of carbonyl (C=O) groups is 2. The first-order valence-corrected chi connectivity index (χ1v) is 9.91. The van der Waals surface area contributed by atoms with Crippen molar-refractivity contribution in [3.05, 3.63) is 35.4 Å². The smallest absolute Gasteiger partial charge is 0.227 e.